The van der Waals surface area contributed by atoms with Crippen LogP contribution in [0.3, 0.4) is 0 Å². The Morgan fingerprint density at radius 1 is 1.33 bits per heavy atom. The van der Waals surface area contributed by atoms with Gasteiger partial charge >= 0.3 is 0 Å². The topological polar surface area (TPSA) is 20.3 Å². The van der Waals surface area contributed by atoms with Crippen LogP contribution in [0.4, 0.5) is 0 Å². The van der Waals surface area contributed by atoms with E-state index >= 15 is 0 Å². The zero-order valence-electron chi connectivity index (χ0n) is 7.09. The summed E-state index contributed by atoms with van der Waals surface area (Å²) in [6.07, 6.45) is 3.22. The minimum Gasteiger partial charge on any atom is -0.337 e. The Kier molecular flexibility index (Phi) is 7.31. The summed E-state index contributed by atoms with van der Waals surface area (Å²) in [7, 11) is 0. The Morgan fingerprint density at radius 3 is 2.17 bits per heavy atom. The highest BCUT2D eigenvalue weighted by atomic mass is 35.5. The smallest absolute Gasteiger partial charge is 0.246 e. The average molecular weight is 210 g/mol. The van der Waals surface area contributed by atoms with Gasteiger partial charge < -0.3 is 4.90 Å². The van der Waals surface area contributed by atoms with Crippen LogP contribution in [0.1, 0.15) is 6.92 Å². The summed E-state index contributed by atoms with van der Waals surface area (Å²) in [4.78, 5) is 12.9. The van der Waals surface area contributed by atoms with Gasteiger partial charge in [0.1, 0.15) is 0 Å². The minimum atomic E-state index is -0.0289. The molecule has 0 N–H and O–H groups in total. The molecular weight excluding hydrogens is 197 g/mol. The van der Waals surface area contributed by atoms with Crippen molar-refractivity contribution in [3.05, 3.63) is 12.2 Å². The first-order chi connectivity index (χ1) is 5.76. The Labute approximate surface area is 83.1 Å². The number of halogens is 2. The molecule has 70 valence electrons. The minimum absolute atomic E-state index is 0.0289. The Morgan fingerprint density at radius 2 is 1.83 bits per heavy atom. The standard InChI is InChI=1S/C8H13Cl2NO/c1-2-3-8(12)11(6-4-9)7-5-10/h2-3H,4-7H2,1H3/b3-2+. The number of carbonyl (C=O) groups is 1. The number of nitrogens with zero attached hydrogens (tertiary/aromatic N) is 1. The molecule has 0 spiro atoms. The third-order valence-corrected chi connectivity index (χ3v) is 1.67. The van der Waals surface area contributed by atoms with Crippen molar-refractivity contribution in [3.8, 4) is 0 Å². The van der Waals surface area contributed by atoms with Gasteiger partial charge in [0.15, 0.2) is 0 Å². The SMILES string of the molecule is C/C=C/C(=O)N(CCCl)CCCl. The van der Waals surface area contributed by atoms with Crippen LogP contribution in [-0.4, -0.2) is 35.7 Å². The second kappa shape index (κ2) is 7.44. The molecule has 0 rings (SSSR count). The van der Waals surface area contributed by atoms with Crippen LogP contribution in [0.25, 0.3) is 0 Å². The predicted octanol–water partition coefficient (Wildman–Crippen LogP) is 1.87. The van der Waals surface area contributed by atoms with Crippen molar-refractivity contribution in [2.45, 2.75) is 6.92 Å². The van der Waals surface area contributed by atoms with Gasteiger partial charge in [0.25, 0.3) is 0 Å². The van der Waals surface area contributed by atoms with E-state index in [1.54, 1.807) is 17.9 Å². The van der Waals surface area contributed by atoms with E-state index in [1.165, 1.54) is 6.08 Å². The molecule has 0 radical (unpaired) electrons. The molecule has 0 unspecified atom stereocenters. The van der Waals surface area contributed by atoms with Gasteiger partial charge in [-0.05, 0) is 13.0 Å². The molecule has 0 aliphatic carbocycles. The molecule has 2 nitrogen and oxygen atoms in total. The van der Waals surface area contributed by atoms with Crippen molar-refractivity contribution in [3.63, 3.8) is 0 Å². The predicted molar refractivity (Wildman–Crippen MR) is 52.8 cm³/mol. The lowest BCUT2D eigenvalue weighted by atomic mass is 10.4. The molecule has 0 aliphatic rings. The summed E-state index contributed by atoms with van der Waals surface area (Å²) in [5.74, 6) is 0.860. The van der Waals surface area contributed by atoms with Crippen molar-refractivity contribution in [2.75, 3.05) is 24.8 Å². The molecule has 0 saturated carbocycles. The van der Waals surface area contributed by atoms with Crippen molar-refractivity contribution in [1.29, 1.82) is 0 Å². The largest absolute Gasteiger partial charge is 0.337 e. The van der Waals surface area contributed by atoms with Gasteiger partial charge in [-0.15, -0.1) is 23.2 Å². The zero-order chi connectivity index (χ0) is 9.40. The number of amides is 1. The molecule has 0 aliphatic heterocycles. The second-order valence-corrected chi connectivity index (χ2v) is 2.96. The van der Waals surface area contributed by atoms with Crippen LogP contribution in [0.15, 0.2) is 12.2 Å². The van der Waals surface area contributed by atoms with Gasteiger partial charge in [0.2, 0.25) is 5.91 Å². The lowest BCUT2D eigenvalue weighted by molar-refractivity contribution is -0.125. The maximum Gasteiger partial charge on any atom is 0.246 e. The van der Waals surface area contributed by atoms with Crippen LogP contribution in [-0.2, 0) is 4.79 Å². The van der Waals surface area contributed by atoms with Crippen molar-refractivity contribution in [1.82, 2.24) is 4.90 Å². The van der Waals surface area contributed by atoms with Gasteiger partial charge in [-0.2, -0.15) is 0 Å². The third kappa shape index (κ3) is 4.62. The summed E-state index contributed by atoms with van der Waals surface area (Å²) in [5.41, 5.74) is 0. The van der Waals surface area contributed by atoms with Crippen molar-refractivity contribution in [2.24, 2.45) is 0 Å². The number of carbonyl (C=O) groups excluding carboxylic acids is 1. The third-order valence-electron chi connectivity index (χ3n) is 1.33. The van der Waals surface area contributed by atoms with Crippen molar-refractivity contribution < 1.29 is 4.79 Å². The molecule has 0 aromatic rings. The summed E-state index contributed by atoms with van der Waals surface area (Å²) in [6, 6.07) is 0. The number of hydrogen-bond donors (Lipinski definition) is 0. The summed E-state index contributed by atoms with van der Waals surface area (Å²) in [6.45, 7) is 2.91. The molecule has 0 heterocycles. The van der Waals surface area contributed by atoms with Gasteiger partial charge in [0, 0.05) is 24.8 Å². The van der Waals surface area contributed by atoms with Crippen LogP contribution < -0.4 is 0 Å². The molecule has 0 aromatic carbocycles. The number of hydrogen-bond acceptors (Lipinski definition) is 1. The van der Waals surface area contributed by atoms with Crippen LogP contribution in [0.2, 0.25) is 0 Å². The van der Waals surface area contributed by atoms with E-state index in [0.717, 1.165) is 0 Å². The quantitative estimate of drug-likeness (QED) is 0.501. The van der Waals surface area contributed by atoms with E-state index in [-0.39, 0.29) is 5.91 Å². The molecule has 4 heteroatoms. The van der Waals surface area contributed by atoms with Gasteiger partial charge in [-0.1, -0.05) is 6.08 Å². The van der Waals surface area contributed by atoms with Crippen LogP contribution in [0.5, 0.6) is 0 Å². The molecule has 0 aromatic heterocycles. The number of rotatable bonds is 5. The van der Waals surface area contributed by atoms with E-state index in [9.17, 15) is 4.79 Å². The Balaban J connectivity index is 3.98. The first-order valence-corrected chi connectivity index (χ1v) is 4.86. The maximum atomic E-state index is 11.2. The fourth-order valence-electron chi connectivity index (χ4n) is 0.784. The first kappa shape index (κ1) is 11.8. The normalized spacial score (nSPS) is 10.6. The summed E-state index contributed by atoms with van der Waals surface area (Å²) >= 11 is 11.0. The highest BCUT2D eigenvalue weighted by molar-refractivity contribution is 6.18. The number of allylic oxidation sites excluding steroid dienone is 1. The first-order valence-electron chi connectivity index (χ1n) is 3.79. The molecular formula is C8H13Cl2NO. The number of alkyl halides is 2. The van der Waals surface area contributed by atoms with E-state index in [4.69, 9.17) is 23.2 Å². The van der Waals surface area contributed by atoms with E-state index in [1.807, 2.05) is 0 Å². The highest BCUT2D eigenvalue weighted by Crippen LogP contribution is 1.94. The lowest BCUT2D eigenvalue weighted by Gasteiger charge is -2.18. The van der Waals surface area contributed by atoms with E-state index in [0.29, 0.717) is 24.8 Å². The summed E-state index contributed by atoms with van der Waals surface area (Å²) in [5, 5.41) is 0. The fourth-order valence-corrected chi connectivity index (χ4v) is 1.19. The molecule has 0 saturated heterocycles. The molecule has 0 bridgehead atoms. The average Bonchev–Trinajstić information content (AvgIpc) is 2.04. The highest BCUT2D eigenvalue weighted by Gasteiger charge is 2.07. The van der Waals surface area contributed by atoms with Crippen molar-refractivity contribution >= 4 is 29.1 Å². The molecule has 12 heavy (non-hydrogen) atoms. The second-order valence-electron chi connectivity index (χ2n) is 2.20. The van der Waals surface area contributed by atoms with Gasteiger partial charge in [-0.3, -0.25) is 4.79 Å². The van der Waals surface area contributed by atoms with E-state index < -0.39 is 0 Å². The van der Waals surface area contributed by atoms with Gasteiger partial charge in [-0.25, -0.2) is 0 Å². The van der Waals surface area contributed by atoms with Gasteiger partial charge in [0.05, 0.1) is 0 Å². The maximum absolute atomic E-state index is 11.2. The molecule has 0 fully saturated rings. The zero-order valence-corrected chi connectivity index (χ0v) is 8.61. The van der Waals surface area contributed by atoms with Crippen LogP contribution >= 0.6 is 23.2 Å². The molecule has 0 atom stereocenters. The lowest BCUT2D eigenvalue weighted by Crippen LogP contribution is -2.33. The fraction of sp³-hybridized carbons (Fsp3) is 0.625. The Bertz CT molecular complexity index is 153. The monoisotopic (exact) mass is 209 g/mol. The van der Waals surface area contributed by atoms with E-state index in [2.05, 4.69) is 0 Å². The summed E-state index contributed by atoms with van der Waals surface area (Å²) < 4.78 is 0. The van der Waals surface area contributed by atoms with Crippen LogP contribution in [0, 0.1) is 0 Å². The Hall–Kier alpha value is -0.210. The molecule has 1 amide bonds.